The van der Waals surface area contributed by atoms with Crippen molar-refractivity contribution in [3.63, 3.8) is 0 Å². The molecule has 0 radical (unpaired) electrons. The van der Waals surface area contributed by atoms with Crippen LogP contribution in [0.1, 0.15) is 163 Å². The third-order valence-electron chi connectivity index (χ3n) is 19.0. The number of aromatic nitrogens is 12. The van der Waals surface area contributed by atoms with Crippen molar-refractivity contribution < 1.29 is 83.3 Å². The molecule has 38 heteroatoms. The van der Waals surface area contributed by atoms with E-state index in [9.17, 15) is 59.9 Å². The van der Waals surface area contributed by atoms with Gasteiger partial charge in [0, 0.05) is 100 Å². The Kier molecular flexibility index (Phi) is 35.5. The Labute approximate surface area is 812 Å². The molecule has 1 fully saturated rings. The molecule has 0 N–H and O–H groups in total. The molecule has 1 saturated carbocycles. The maximum absolute atomic E-state index is 12.5. The first kappa shape index (κ1) is 99.6. The van der Waals surface area contributed by atoms with Crippen LogP contribution >= 0.6 is 91.2 Å². The molecule has 696 valence electrons. The number of furan rings is 1. The van der Waals surface area contributed by atoms with E-state index >= 15 is 0 Å². The Morgan fingerprint density at radius 2 is 0.745 bits per heavy atom. The van der Waals surface area contributed by atoms with E-state index in [2.05, 4.69) is 50.9 Å². The zero-order valence-electron chi connectivity index (χ0n) is 71.9. The smallest absolute Gasteiger partial charge is 0.493 e. The number of hydrogen-bond donors (Lipinski definition) is 0. The molecule has 17 aromatic rings. The lowest BCUT2D eigenvalue weighted by molar-refractivity contribution is -0.275. The van der Waals surface area contributed by atoms with Crippen LogP contribution in [0.3, 0.4) is 0 Å². The van der Waals surface area contributed by atoms with Crippen LogP contribution in [0, 0.1) is 5.92 Å². The Hall–Kier alpha value is -14.9. The number of carbonyl (C=O) groups is 7. The number of esters is 1. The summed E-state index contributed by atoms with van der Waals surface area (Å²) in [5.41, 5.74) is 5.88. The van der Waals surface area contributed by atoms with Crippen molar-refractivity contribution in [3.8, 4) is 17.2 Å². The highest BCUT2D eigenvalue weighted by Crippen LogP contribution is 2.36. The summed E-state index contributed by atoms with van der Waals surface area (Å²) in [6, 6.07) is 56.6. The van der Waals surface area contributed by atoms with Crippen molar-refractivity contribution in [2.75, 3.05) is 14.2 Å². The van der Waals surface area contributed by atoms with Gasteiger partial charge in [0.15, 0.2) is 5.75 Å². The number of halogens is 8. The lowest BCUT2D eigenvalue weighted by Crippen LogP contribution is -2.24. The van der Waals surface area contributed by atoms with E-state index in [4.69, 9.17) is 32.4 Å². The fraction of sp³-hybridized carbons (Fsp3) is 0.101. The fourth-order valence-electron chi connectivity index (χ4n) is 12.6. The number of benzene rings is 4. The molecule has 0 atom stereocenters. The second-order valence-corrected chi connectivity index (χ2v) is 35.4. The van der Waals surface area contributed by atoms with E-state index in [1.165, 1.54) is 111 Å². The maximum Gasteiger partial charge on any atom is 0.573 e. The van der Waals surface area contributed by atoms with Crippen LogP contribution in [0.2, 0.25) is 9.36 Å². The molecule has 0 amide bonds. The second-order valence-electron chi connectivity index (χ2n) is 28.6. The summed E-state index contributed by atoms with van der Waals surface area (Å²) in [7, 11) is 2.78. The van der Waals surface area contributed by atoms with Crippen molar-refractivity contribution in [3.05, 3.63) is 389 Å². The van der Waals surface area contributed by atoms with Gasteiger partial charge in [-0.15, -0.1) is 94.4 Å². The van der Waals surface area contributed by atoms with Crippen LogP contribution in [-0.2, 0) is 4.74 Å². The lowest BCUT2D eigenvalue weighted by atomic mass is 9.89. The molecule has 1 aliphatic carbocycles. The summed E-state index contributed by atoms with van der Waals surface area (Å²) in [4.78, 5) is 91.3. The Balaban J connectivity index is 0.000000139. The molecule has 13 heterocycles. The van der Waals surface area contributed by atoms with Gasteiger partial charge in [-0.2, -0.15) is 30.6 Å². The Morgan fingerprint density at radius 3 is 1.14 bits per heavy atom. The van der Waals surface area contributed by atoms with Gasteiger partial charge < -0.3 is 23.4 Å². The van der Waals surface area contributed by atoms with E-state index in [0.29, 0.717) is 65.9 Å². The minimum Gasteiger partial charge on any atom is -0.493 e. The Bertz CT molecular complexity index is 7040. The molecule has 13 aromatic heterocycles. The fourth-order valence-corrected chi connectivity index (χ4v) is 16.9. The van der Waals surface area contributed by atoms with Crippen molar-refractivity contribution >= 4 is 206 Å². The van der Waals surface area contributed by atoms with Crippen LogP contribution in [0.25, 0.3) is 72.9 Å². The summed E-state index contributed by atoms with van der Waals surface area (Å²) in [6.07, 6.45) is 29.6. The molecule has 18 rings (SSSR count). The predicted molar refractivity (Wildman–Crippen MR) is 524 cm³/mol. The third kappa shape index (κ3) is 30.3. The van der Waals surface area contributed by atoms with Gasteiger partial charge in [0.2, 0.25) is 5.91 Å². The number of methoxy groups -OCH3 is 2. The Morgan fingerprint density at radius 1 is 0.372 bits per heavy atom. The highest BCUT2D eigenvalue weighted by Gasteiger charge is 2.33. The molecular formula is C99H76Cl2F6N12O12S6. The minimum atomic E-state index is -4.81. The first-order chi connectivity index (χ1) is 66.2. The number of thiophene rings is 6. The molecule has 0 saturated heterocycles. The molecule has 24 nitrogen and oxygen atoms in total. The standard InChI is InChI=1S/C18H14N2O4.2C17H11F3N2O2S.C16H11ClN2OS.C16H18N2OS.C15H11ClN2O2S2/c1-23-18(22)14-5-2-4-13(12-14)17(21)20-10-9-15(19-20)7-8-16-6-3-11-24-16;18-17(19,20)24-14-4-1-3-12(11-14)16(23)22-9-8-13(21-22)6-7-15-5-2-10-25-15;18-17(19,20)24-14-6-3-12(4-7-14)16(23)22-10-9-13(21-22)5-8-15-2-1-11-25-15;17-13-4-1-3-12(11-13)16(20)19-9-8-14(18-19)6-7-15-5-2-10-21-15;19-16(13-5-2-1-3-6-13)18-11-10-14(17-18)8-9-15-7-4-12-20-15;1-20-13-12(9-22-14(13)16)15(19)18-7-6-10(17-18)4-5-11-3-2-8-21-11/h2-12H,1H3;2*1-11H;1-11H;4,7-13H,1-3,5-6H2;2-9H,1H3/b8-7+;7-6+;8-5+;7-6+;9-8+;5-4+. The summed E-state index contributed by atoms with van der Waals surface area (Å²) in [5.74, 6) is -1.73. The normalized spacial score (nSPS) is 12.2. The lowest BCUT2D eigenvalue weighted by Gasteiger charge is -2.19. The quantitative estimate of drug-likeness (QED) is 0.0450. The van der Waals surface area contributed by atoms with E-state index in [0.717, 1.165) is 77.4 Å². The van der Waals surface area contributed by atoms with Gasteiger partial charge in [0.25, 0.3) is 29.5 Å². The monoisotopic (exact) mass is 2000 g/mol. The van der Waals surface area contributed by atoms with Crippen molar-refractivity contribution in [1.29, 1.82) is 0 Å². The van der Waals surface area contributed by atoms with Gasteiger partial charge in [-0.25, -0.2) is 32.9 Å². The summed E-state index contributed by atoms with van der Waals surface area (Å²) < 4.78 is 104. The number of nitrogens with zero attached hydrogens (tertiary/aromatic N) is 12. The number of ether oxygens (including phenoxy) is 4. The SMILES string of the molecule is COC(=O)c1cccc(C(=O)n2ccc(/C=C/c3ccco3)n2)c1.COc1c(C(=O)n2ccc(/C=C/c3cccs3)n2)csc1Cl.O=C(C1CCCCC1)n1ccc(/C=C/c2cccs2)n1.O=C(c1ccc(OC(F)(F)F)cc1)n1ccc(/C=C/c2cccs2)n1.O=C(c1cccc(Cl)c1)n1ccc(/C=C/c2cccs2)n1.O=C(c1cccc(OC(F)(F)F)c1)n1ccc(/C=C/c2cccs2)n1. The predicted octanol–water partition coefficient (Wildman–Crippen LogP) is 25.8. The molecule has 137 heavy (non-hydrogen) atoms. The minimum absolute atomic E-state index is 0.0404. The van der Waals surface area contributed by atoms with Crippen molar-refractivity contribution in [2.45, 2.75) is 44.8 Å². The zero-order valence-corrected chi connectivity index (χ0v) is 78.3. The van der Waals surface area contributed by atoms with Crippen LogP contribution in [-0.4, -0.2) is 127 Å². The maximum atomic E-state index is 12.5. The van der Waals surface area contributed by atoms with Crippen LogP contribution in [0.5, 0.6) is 17.2 Å². The highest BCUT2D eigenvalue weighted by molar-refractivity contribution is 7.15. The van der Waals surface area contributed by atoms with E-state index in [-0.39, 0.29) is 46.4 Å². The van der Waals surface area contributed by atoms with Gasteiger partial charge in [0.05, 0.1) is 65.8 Å². The average Bonchev–Trinajstić information content (AvgIpc) is 1.67. The van der Waals surface area contributed by atoms with Crippen LogP contribution < -0.4 is 14.2 Å². The van der Waals surface area contributed by atoms with Gasteiger partial charge in [-0.05, 0) is 270 Å². The largest absolute Gasteiger partial charge is 0.573 e. The summed E-state index contributed by atoms with van der Waals surface area (Å²) in [6.45, 7) is 0. The van der Waals surface area contributed by atoms with Gasteiger partial charge >= 0.3 is 18.7 Å². The molecule has 0 unspecified atom stereocenters. The molecule has 4 aromatic carbocycles. The van der Waals surface area contributed by atoms with Gasteiger partial charge in [-0.1, -0.05) is 91.0 Å². The third-order valence-corrected chi connectivity index (χ3v) is 24.6. The van der Waals surface area contributed by atoms with Crippen molar-refractivity contribution in [1.82, 2.24) is 58.7 Å². The number of alkyl halides is 6. The van der Waals surface area contributed by atoms with Gasteiger partial charge in [0.1, 0.15) is 21.6 Å². The molecule has 0 aliphatic heterocycles. The van der Waals surface area contributed by atoms with E-state index in [1.807, 2.05) is 142 Å². The van der Waals surface area contributed by atoms with E-state index in [1.54, 1.807) is 196 Å². The second kappa shape index (κ2) is 48.9. The molecule has 0 spiro atoms. The van der Waals surface area contributed by atoms with Crippen molar-refractivity contribution in [2.24, 2.45) is 5.92 Å². The first-order valence-electron chi connectivity index (χ1n) is 41.1. The summed E-state index contributed by atoms with van der Waals surface area (Å²) in [5, 5.41) is 37.5. The first-order valence-corrected chi connectivity index (χ1v) is 47.1. The average molecular weight is 2000 g/mol. The molecule has 1 aliphatic rings. The highest BCUT2D eigenvalue weighted by atomic mass is 35.5. The number of hydrogen-bond acceptors (Lipinski definition) is 24. The zero-order chi connectivity index (χ0) is 96.6. The topological polar surface area (TPSA) is 276 Å². The number of rotatable bonds is 22. The number of carbonyl (C=O) groups excluding carboxylic acids is 7. The van der Waals surface area contributed by atoms with E-state index < -0.39 is 36.3 Å². The van der Waals surface area contributed by atoms with Crippen LogP contribution in [0.15, 0.2) is 286 Å². The van der Waals surface area contributed by atoms with Crippen LogP contribution in [0.4, 0.5) is 26.3 Å². The molecular weight excluding hydrogens is 1930 g/mol. The molecule has 0 bridgehead atoms. The van der Waals surface area contributed by atoms with Gasteiger partial charge in [-0.3, -0.25) is 28.8 Å². The summed E-state index contributed by atoms with van der Waals surface area (Å²) >= 11 is 21.3.